The Morgan fingerprint density at radius 3 is 2.57 bits per heavy atom. The van der Waals surface area contributed by atoms with Crippen LogP contribution in [0.4, 0.5) is 0 Å². The van der Waals surface area contributed by atoms with E-state index in [-0.39, 0.29) is 12.1 Å². The molecule has 2 N–H and O–H groups in total. The number of ether oxygens (including phenoxy) is 1. The number of rotatable bonds is 4. The van der Waals surface area contributed by atoms with Crippen LogP contribution in [-0.4, -0.2) is 36.0 Å². The van der Waals surface area contributed by atoms with Crippen molar-refractivity contribution < 1.29 is 9.84 Å². The third-order valence-electron chi connectivity index (χ3n) is 3.70. The molecule has 0 aromatic heterocycles. The fourth-order valence-electron chi connectivity index (χ4n) is 2.36. The first-order chi connectivity index (χ1) is 6.65. The molecule has 2 rings (SSSR count). The van der Waals surface area contributed by atoms with Crippen molar-refractivity contribution in [2.45, 2.75) is 50.8 Å². The van der Waals surface area contributed by atoms with Crippen LogP contribution in [0.25, 0.3) is 0 Å². The second kappa shape index (κ2) is 3.80. The molecule has 0 spiro atoms. The van der Waals surface area contributed by atoms with E-state index in [1.54, 1.807) is 0 Å². The molecule has 0 radical (unpaired) electrons. The normalized spacial score (nSPS) is 37.1. The van der Waals surface area contributed by atoms with Gasteiger partial charge in [-0.05, 0) is 39.0 Å². The van der Waals surface area contributed by atoms with Crippen molar-refractivity contribution in [1.29, 1.82) is 0 Å². The lowest BCUT2D eigenvalue weighted by Gasteiger charge is -2.33. The topological polar surface area (TPSA) is 41.5 Å². The van der Waals surface area contributed by atoms with Gasteiger partial charge in [-0.25, -0.2) is 0 Å². The summed E-state index contributed by atoms with van der Waals surface area (Å²) in [4.78, 5) is 0. The van der Waals surface area contributed by atoms with Gasteiger partial charge in [-0.2, -0.15) is 0 Å². The summed E-state index contributed by atoms with van der Waals surface area (Å²) in [6.07, 6.45) is 3.88. The maximum Gasteiger partial charge on any atom is 0.0700 e. The first kappa shape index (κ1) is 10.4. The van der Waals surface area contributed by atoms with E-state index < -0.39 is 0 Å². The molecule has 2 aliphatic rings. The fourth-order valence-corrected chi connectivity index (χ4v) is 2.36. The number of nitrogens with one attached hydrogen (secondary N) is 1. The molecule has 1 saturated carbocycles. The lowest BCUT2D eigenvalue weighted by molar-refractivity contribution is 0.0887. The molecule has 0 aromatic rings. The van der Waals surface area contributed by atoms with Crippen molar-refractivity contribution >= 4 is 0 Å². The van der Waals surface area contributed by atoms with Crippen LogP contribution in [0.3, 0.4) is 0 Å². The molecule has 3 heteroatoms. The van der Waals surface area contributed by atoms with Gasteiger partial charge in [0.15, 0.2) is 0 Å². The van der Waals surface area contributed by atoms with Crippen molar-refractivity contribution in [3.63, 3.8) is 0 Å². The van der Waals surface area contributed by atoms with Gasteiger partial charge in [-0.1, -0.05) is 0 Å². The van der Waals surface area contributed by atoms with E-state index in [2.05, 4.69) is 19.2 Å². The minimum absolute atomic E-state index is 0.0768. The van der Waals surface area contributed by atoms with E-state index in [0.717, 1.165) is 13.0 Å². The minimum atomic E-state index is -0.0768. The first-order valence-corrected chi connectivity index (χ1v) is 5.66. The minimum Gasteiger partial charge on any atom is -0.394 e. The van der Waals surface area contributed by atoms with Gasteiger partial charge in [0.1, 0.15) is 0 Å². The zero-order valence-electron chi connectivity index (χ0n) is 9.12. The van der Waals surface area contributed by atoms with Crippen LogP contribution in [0.5, 0.6) is 0 Å². The molecule has 1 aliphatic carbocycles. The largest absolute Gasteiger partial charge is 0.394 e. The van der Waals surface area contributed by atoms with Gasteiger partial charge in [0.25, 0.3) is 0 Å². The van der Waals surface area contributed by atoms with Crippen LogP contribution in [0.15, 0.2) is 0 Å². The van der Waals surface area contributed by atoms with Crippen LogP contribution in [0.2, 0.25) is 0 Å². The van der Waals surface area contributed by atoms with E-state index in [4.69, 9.17) is 4.74 Å². The average molecular weight is 199 g/mol. The highest BCUT2D eigenvalue weighted by molar-refractivity contribution is 5.00. The molecule has 1 aliphatic heterocycles. The lowest BCUT2D eigenvalue weighted by Crippen LogP contribution is -2.54. The van der Waals surface area contributed by atoms with E-state index in [1.165, 1.54) is 12.8 Å². The van der Waals surface area contributed by atoms with Gasteiger partial charge in [0.2, 0.25) is 0 Å². The van der Waals surface area contributed by atoms with E-state index in [9.17, 15) is 5.11 Å². The molecule has 0 aromatic carbocycles. The van der Waals surface area contributed by atoms with Crippen molar-refractivity contribution in [2.24, 2.45) is 5.92 Å². The van der Waals surface area contributed by atoms with E-state index >= 15 is 0 Å². The summed E-state index contributed by atoms with van der Waals surface area (Å²) in [7, 11) is 0. The monoisotopic (exact) mass is 199 g/mol. The molecule has 3 atom stereocenters. The highest BCUT2D eigenvalue weighted by Gasteiger charge is 2.43. The summed E-state index contributed by atoms with van der Waals surface area (Å²) in [5.41, 5.74) is -0.0768. The molecule has 3 nitrogen and oxygen atoms in total. The molecule has 0 bridgehead atoms. The van der Waals surface area contributed by atoms with Crippen molar-refractivity contribution in [2.75, 3.05) is 13.2 Å². The first-order valence-electron chi connectivity index (χ1n) is 5.66. The quantitative estimate of drug-likeness (QED) is 0.707. The molecule has 14 heavy (non-hydrogen) atoms. The Labute approximate surface area is 85.8 Å². The Bertz CT molecular complexity index is 205. The van der Waals surface area contributed by atoms with Gasteiger partial charge in [0, 0.05) is 18.2 Å². The fraction of sp³-hybridized carbons (Fsp3) is 1.00. The Balaban J connectivity index is 1.93. The van der Waals surface area contributed by atoms with Gasteiger partial charge in [-0.3, -0.25) is 0 Å². The van der Waals surface area contributed by atoms with Crippen LogP contribution in [0.1, 0.15) is 33.1 Å². The number of hydrogen-bond donors (Lipinski definition) is 2. The smallest absolute Gasteiger partial charge is 0.0700 e. The van der Waals surface area contributed by atoms with E-state index in [0.29, 0.717) is 18.1 Å². The third kappa shape index (κ3) is 1.95. The van der Waals surface area contributed by atoms with Gasteiger partial charge >= 0.3 is 0 Å². The SMILES string of the molecule is CC1OCCC1NC(C)(CO)C1CC1. The zero-order valence-corrected chi connectivity index (χ0v) is 9.12. The van der Waals surface area contributed by atoms with Gasteiger partial charge in [0.05, 0.1) is 12.7 Å². The van der Waals surface area contributed by atoms with Crippen molar-refractivity contribution in [1.82, 2.24) is 5.32 Å². The molecule has 3 unspecified atom stereocenters. The van der Waals surface area contributed by atoms with Crippen molar-refractivity contribution in [3.8, 4) is 0 Å². The van der Waals surface area contributed by atoms with Crippen molar-refractivity contribution in [3.05, 3.63) is 0 Å². The summed E-state index contributed by atoms with van der Waals surface area (Å²) in [5, 5.41) is 13.0. The van der Waals surface area contributed by atoms with Gasteiger partial charge in [-0.15, -0.1) is 0 Å². The maximum atomic E-state index is 9.44. The molecule has 82 valence electrons. The van der Waals surface area contributed by atoms with Crippen LogP contribution in [0, 0.1) is 5.92 Å². The molecule has 2 fully saturated rings. The third-order valence-corrected chi connectivity index (χ3v) is 3.70. The molecular formula is C11H21NO2. The summed E-state index contributed by atoms with van der Waals surface area (Å²) in [6, 6.07) is 0.424. The zero-order chi connectivity index (χ0) is 10.2. The standard InChI is InChI=1S/C11H21NO2/c1-8-10(5-6-14-8)12-11(2,7-13)9-3-4-9/h8-10,12-13H,3-7H2,1-2H3. The molecular weight excluding hydrogens is 178 g/mol. The summed E-state index contributed by atoms with van der Waals surface area (Å²) in [6.45, 7) is 5.33. The van der Waals surface area contributed by atoms with Crippen LogP contribution in [-0.2, 0) is 4.74 Å². The lowest BCUT2D eigenvalue weighted by atomic mass is 9.94. The Kier molecular flexibility index (Phi) is 2.82. The molecule has 1 heterocycles. The highest BCUT2D eigenvalue weighted by Crippen LogP contribution is 2.40. The Morgan fingerprint density at radius 2 is 2.14 bits per heavy atom. The maximum absolute atomic E-state index is 9.44. The molecule has 0 amide bonds. The summed E-state index contributed by atoms with van der Waals surface area (Å²) < 4.78 is 5.51. The predicted octanol–water partition coefficient (Wildman–Crippen LogP) is 0.914. The van der Waals surface area contributed by atoms with Crippen LogP contribution >= 0.6 is 0 Å². The predicted molar refractivity (Wildman–Crippen MR) is 55.2 cm³/mol. The second-order valence-electron chi connectivity index (χ2n) is 4.97. The summed E-state index contributed by atoms with van der Waals surface area (Å²) >= 11 is 0. The van der Waals surface area contributed by atoms with Gasteiger partial charge < -0.3 is 15.2 Å². The second-order valence-corrected chi connectivity index (χ2v) is 4.97. The average Bonchev–Trinajstić information content (AvgIpc) is 2.95. The number of aliphatic hydroxyl groups excluding tert-OH is 1. The summed E-state index contributed by atoms with van der Waals surface area (Å²) in [5.74, 6) is 0.667. The number of aliphatic hydroxyl groups is 1. The van der Waals surface area contributed by atoms with E-state index in [1.807, 2.05) is 0 Å². The Hall–Kier alpha value is -0.120. The Morgan fingerprint density at radius 1 is 1.43 bits per heavy atom. The number of hydrogen-bond acceptors (Lipinski definition) is 3. The molecule has 1 saturated heterocycles. The van der Waals surface area contributed by atoms with Crippen LogP contribution < -0.4 is 5.32 Å². The highest BCUT2D eigenvalue weighted by atomic mass is 16.5.